The molecule has 0 atom stereocenters. The van der Waals surface area contributed by atoms with Crippen molar-refractivity contribution < 1.29 is 14.6 Å². The fourth-order valence-electron chi connectivity index (χ4n) is 1.60. The minimum absolute atomic E-state index is 0.188. The second-order valence-electron chi connectivity index (χ2n) is 4.07. The van der Waals surface area contributed by atoms with E-state index in [-0.39, 0.29) is 24.3 Å². The van der Waals surface area contributed by atoms with Crippen LogP contribution < -0.4 is 11.1 Å². The number of carbonyl (C=O) groups excluding carboxylic acids is 1. The average Bonchev–Trinajstić information content (AvgIpc) is 2.37. The molecule has 0 radical (unpaired) electrons. The van der Waals surface area contributed by atoms with Gasteiger partial charge < -0.3 is 11.1 Å². The van der Waals surface area contributed by atoms with E-state index in [0.29, 0.717) is 18.5 Å². The van der Waals surface area contributed by atoms with Gasteiger partial charge in [0.2, 0.25) is 5.91 Å². The standard InChI is InChI=1S/C11H14N4O5/c12-11(16)2-1-5-13-7-8-3-4-9(14(17)18)6-10(8)15(19)20/h3-4,6,13H,1-2,5,7H2,(H2,12,16). The second-order valence-corrected chi connectivity index (χ2v) is 4.07. The zero-order chi connectivity index (χ0) is 15.1. The molecule has 0 aromatic heterocycles. The third-order valence-corrected chi connectivity index (χ3v) is 2.57. The molecule has 1 rings (SSSR count). The summed E-state index contributed by atoms with van der Waals surface area (Å²) in [4.78, 5) is 30.6. The lowest BCUT2D eigenvalue weighted by Gasteiger charge is -2.05. The number of carbonyl (C=O) groups is 1. The first-order chi connectivity index (χ1) is 9.41. The van der Waals surface area contributed by atoms with Gasteiger partial charge in [-0.1, -0.05) is 0 Å². The Morgan fingerprint density at radius 1 is 1.25 bits per heavy atom. The van der Waals surface area contributed by atoms with Gasteiger partial charge in [-0.05, 0) is 19.0 Å². The summed E-state index contributed by atoms with van der Waals surface area (Å²) in [5, 5.41) is 24.4. The van der Waals surface area contributed by atoms with Crippen LogP contribution in [-0.4, -0.2) is 22.3 Å². The smallest absolute Gasteiger partial charge is 0.280 e. The number of nitrogens with zero attached hydrogens (tertiary/aromatic N) is 2. The minimum Gasteiger partial charge on any atom is -0.370 e. The number of amides is 1. The van der Waals surface area contributed by atoms with Crippen molar-refractivity contribution in [1.82, 2.24) is 5.32 Å². The first-order valence-corrected chi connectivity index (χ1v) is 5.82. The Hall–Kier alpha value is -2.55. The summed E-state index contributed by atoms with van der Waals surface area (Å²) in [6.45, 7) is 0.657. The summed E-state index contributed by atoms with van der Waals surface area (Å²) in [6.07, 6.45) is 0.755. The molecule has 0 unspecified atom stereocenters. The molecule has 0 spiro atoms. The van der Waals surface area contributed by atoms with Gasteiger partial charge in [-0.15, -0.1) is 0 Å². The molecular formula is C11H14N4O5. The number of nitro benzene ring substituents is 2. The van der Waals surface area contributed by atoms with Gasteiger partial charge in [0, 0.05) is 24.6 Å². The van der Waals surface area contributed by atoms with Gasteiger partial charge in [0.1, 0.15) is 0 Å². The minimum atomic E-state index is -0.683. The Bertz CT molecular complexity index is 532. The van der Waals surface area contributed by atoms with Crippen LogP contribution >= 0.6 is 0 Å². The van der Waals surface area contributed by atoms with E-state index in [1.165, 1.54) is 12.1 Å². The molecule has 3 N–H and O–H groups in total. The normalized spacial score (nSPS) is 10.2. The largest absolute Gasteiger partial charge is 0.370 e. The molecule has 0 saturated carbocycles. The Morgan fingerprint density at radius 2 is 1.95 bits per heavy atom. The Morgan fingerprint density at radius 3 is 2.50 bits per heavy atom. The van der Waals surface area contributed by atoms with Gasteiger partial charge >= 0.3 is 0 Å². The van der Waals surface area contributed by atoms with Crippen molar-refractivity contribution in [3.05, 3.63) is 44.0 Å². The summed E-state index contributed by atoms with van der Waals surface area (Å²) in [5.41, 5.74) is 4.69. The van der Waals surface area contributed by atoms with Crippen molar-refractivity contribution in [3.63, 3.8) is 0 Å². The number of benzene rings is 1. The zero-order valence-corrected chi connectivity index (χ0v) is 10.6. The summed E-state index contributed by atoms with van der Waals surface area (Å²) >= 11 is 0. The number of primary amides is 1. The van der Waals surface area contributed by atoms with Gasteiger partial charge in [0.05, 0.1) is 15.9 Å². The molecule has 108 valence electrons. The Kier molecular flexibility index (Phi) is 5.54. The Labute approximate surface area is 114 Å². The van der Waals surface area contributed by atoms with Crippen LogP contribution in [0.3, 0.4) is 0 Å². The molecule has 1 aromatic rings. The molecule has 0 aliphatic rings. The van der Waals surface area contributed by atoms with Crippen molar-refractivity contribution in [2.24, 2.45) is 5.73 Å². The van der Waals surface area contributed by atoms with E-state index in [4.69, 9.17) is 5.73 Å². The zero-order valence-electron chi connectivity index (χ0n) is 10.6. The van der Waals surface area contributed by atoms with E-state index < -0.39 is 15.8 Å². The lowest BCUT2D eigenvalue weighted by Crippen LogP contribution is -2.18. The van der Waals surface area contributed by atoms with Crippen LogP contribution in [0.25, 0.3) is 0 Å². The van der Waals surface area contributed by atoms with Crippen LogP contribution in [0.4, 0.5) is 11.4 Å². The first kappa shape index (κ1) is 15.5. The molecule has 9 heteroatoms. The molecule has 0 heterocycles. The van der Waals surface area contributed by atoms with Crippen molar-refractivity contribution >= 4 is 17.3 Å². The van der Waals surface area contributed by atoms with Gasteiger partial charge in [-0.2, -0.15) is 0 Å². The molecule has 0 saturated heterocycles. The first-order valence-electron chi connectivity index (χ1n) is 5.82. The molecule has 20 heavy (non-hydrogen) atoms. The highest BCUT2D eigenvalue weighted by Gasteiger charge is 2.18. The lowest BCUT2D eigenvalue weighted by molar-refractivity contribution is -0.394. The van der Waals surface area contributed by atoms with Gasteiger partial charge in [0.25, 0.3) is 11.4 Å². The van der Waals surface area contributed by atoms with Gasteiger partial charge in [-0.3, -0.25) is 25.0 Å². The second kappa shape index (κ2) is 7.14. The maximum absolute atomic E-state index is 10.9. The van der Waals surface area contributed by atoms with Crippen molar-refractivity contribution in [2.75, 3.05) is 6.54 Å². The molecule has 0 aliphatic carbocycles. The summed E-state index contributed by atoms with van der Waals surface area (Å²) in [7, 11) is 0. The average molecular weight is 282 g/mol. The number of nitrogens with two attached hydrogens (primary N) is 1. The van der Waals surface area contributed by atoms with E-state index in [0.717, 1.165) is 6.07 Å². The molecular weight excluding hydrogens is 268 g/mol. The van der Waals surface area contributed by atoms with Crippen molar-refractivity contribution in [2.45, 2.75) is 19.4 Å². The number of nitro groups is 2. The van der Waals surface area contributed by atoms with Crippen LogP contribution in [0.15, 0.2) is 18.2 Å². The maximum atomic E-state index is 10.9. The van der Waals surface area contributed by atoms with E-state index in [1.54, 1.807) is 0 Å². The third kappa shape index (κ3) is 4.61. The van der Waals surface area contributed by atoms with Crippen LogP contribution in [0, 0.1) is 20.2 Å². The van der Waals surface area contributed by atoms with Crippen molar-refractivity contribution in [1.29, 1.82) is 0 Å². The number of nitrogens with one attached hydrogen (secondary N) is 1. The number of rotatable bonds is 8. The fraction of sp³-hybridized carbons (Fsp3) is 0.364. The number of non-ortho nitro benzene ring substituents is 1. The maximum Gasteiger partial charge on any atom is 0.280 e. The SMILES string of the molecule is NC(=O)CCCNCc1ccc([N+](=O)[O-])cc1[N+](=O)[O-]. The summed E-state index contributed by atoms with van der Waals surface area (Å²) in [5.74, 6) is -0.409. The summed E-state index contributed by atoms with van der Waals surface area (Å²) in [6, 6.07) is 3.49. The predicted molar refractivity (Wildman–Crippen MR) is 69.9 cm³/mol. The topological polar surface area (TPSA) is 141 Å². The van der Waals surface area contributed by atoms with Crippen molar-refractivity contribution in [3.8, 4) is 0 Å². The van der Waals surface area contributed by atoms with Gasteiger partial charge in [0.15, 0.2) is 0 Å². The number of hydrogen-bond donors (Lipinski definition) is 2. The van der Waals surface area contributed by atoms with E-state index in [9.17, 15) is 25.0 Å². The fourth-order valence-corrected chi connectivity index (χ4v) is 1.60. The highest BCUT2D eigenvalue weighted by Crippen LogP contribution is 2.24. The molecule has 1 amide bonds. The molecule has 0 aliphatic heterocycles. The molecule has 1 aromatic carbocycles. The molecule has 0 fully saturated rings. The quantitative estimate of drug-likeness (QED) is 0.411. The Balaban J connectivity index is 2.67. The predicted octanol–water partition coefficient (Wildman–Crippen LogP) is 0.858. The van der Waals surface area contributed by atoms with Crippen LogP contribution in [0.2, 0.25) is 0 Å². The van der Waals surface area contributed by atoms with E-state index in [2.05, 4.69) is 5.32 Å². The number of hydrogen-bond acceptors (Lipinski definition) is 6. The molecule has 0 bridgehead atoms. The van der Waals surface area contributed by atoms with E-state index >= 15 is 0 Å². The monoisotopic (exact) mass is 282 g/mol. The third-order valence-electron chi connectivity index (χ3n) is 2.57. The van der Waals surface area contributed by atoms with Crippen LogP contribution in [-0.2, 0) is 11.3 Å². The lowest BCUT2D eigenvalue weighted by atomic mass is 10.1. The highest BCUT2D eigenvalue weighted by atomic mass is 16.6. The highest BCUT2D eigenvalue weighted by molar-refractivity contribution is 5.73. The molecule has 9 nitrogen and oxygen atoms in total. The van der Waals surface area contributed by atoms with Gasteiger partial charge in [-0.25, -0.2) is 0 Å². The van der Waals surface area contributed by atoms with Crippen LogP contribution in [0.1, 0.15) is 18.4 Å². The van der Waals surface area contributed by atoms with E-state index in [1.807, 2.05) is 0 Å². The van der Waals surface area contributed by atoms with Crippen LogP contribution in [0.5, 0.6) is 0 Å². The summed E-state index contributed by atoms with van der Waals surface area (Å²) < 4.78 is 0.